The minimum absolute atomic E-state index is 0.118. The molecule has 0 aromatic rings. The highest BCUT2D eigenvalue weighted by atomic mass is 79.9. The third kappa shape index (κ3) is 7.18. The molecule has 0 saturated carbocycles. The standard InChI is InChI=1S/C21H40BrNO5/c1-19(2)13-17(14-20(3,4)23(19)24)26-12-8-10-25-16-21(5,15-22)28-18-9-6-7-11-27-18/h17-18,24H,6-16H2,1-5H3. The minimum atomic E-state index is -0.384. The molecule has 0 aliphatic carbocycles. The molecule has 6 nitrogen and oxygen atoms in total. The molecule has 2 atom stereocenters. The second-order valence-electron chi connectivity index (χ2n) is 9.74. The van der Waals surface area contributed by atoms with Gasteiger partial charge in [-0.05, 0) is 73.1 Å². The Morgan fingerprint density at radius 3 is 2.39 bits per heavy atom. The van der Waals surface area contributed by atoms with Crippen molar-refractivity contribution >= 4 is 15.9 Å². The second kappa shape index (κ2) is 10.5. The summed E-state index contributed by atoms with van der Waals surface area (Å²) in [5, 5.41) is 12.6. The van der Waals surface area contributed by atoms with Crippen molar-refractivity contribution in [2.24, 2.45) is 0 Å². The van der Waals surface area contributed by atoms with Crippen molar-refractivity contribution in [3.05, 3.63) is 0 Å². The highest BCUT2D eigenvalue weighted by molar-refractivity contribution is 9.09. The fourth-order valence-electron chi connectivity index (χ4n) is 4.22. The van der Waals surface area contributed by atoms with E-state index in [4.69, 9.17) is 18.9 Å². The first kappa shape index (κ1) is 24.5. The maximum absolute atomic E-state index is 10.4. The monoisotopic (exact) mass is 465 g/mol. The summed E-state index contributed by atoms with van der Waals surface area (Å²) in [6, 6.07) is 0. The summed E-state index contributed by atoms with van der Waals surface area (Å²) >= 11 is 3.55. The first-order chi connectivity index (χ1) is 13.1. The van der Waals surface area contributed by atoms with Crippen molar-refractivity contribution in [3.8, 4) is 0 Å². The molecule has 2 aliphatic heterocycles. The molecule has 0 aromatic carbocycles. The average molecular weight is 466 g/mol. The fraction of sp³-hybridized carbons (Fsp3) is 1.00. The van der Waals surface area contributed by atoms with Gasteiger partial charge in [0, 0.05) is 36.2 Å². The van der Waals surface area contributed by atoms with Crippen LogP contribution in [0.1, 0.15) is 73.1 Å². The van der Waals surface area contributed by atoms with Crippen molar-refractivity contribution in [2.75, 3.05) is 31.8 Å². The first-order valence-corrected chi connectivity index (χ1v) is 11.7. The maximum atomic E-state index is 10.4. The highest BCUT2D eigenvalue weighted by Gasteiger charge is 2.45. The predicted octanol–water partition coefficient (Wildman–Crippen LogP) is 4.52. The molecule has 166 valence electrons. The van der Waals surface area contributed by atoms with Crippen molar-refractivity contribution in [3.63, 3.8) is 0 Å². The largest absolute Gasteiger partial charge is 0.378 e. The van der Waals surface area contributed by atoms with Crippen LogP contribution < -0.4 is 0 Å². The molecule has 2 heterocycles. The number of hydrogen-bond acceptors (Lipinski definition) is 6. The van der Waals surface area contributed by atoms with Gasteiger partial charge in [-0.2, -0.15) is 5.06 Å². The molecule has 0 radical (unpaired) electrons. The van der Waals surface area contributed by atoms with E-state index in [0.29, 0.717) is 25.2 Å². The first-order valence-electron chi connectivity index (χ1n) is 10.6. The van der Waals surface area contributed by atoms with Gasteiger partial charge in [-0.3, -0.25) is 0 Å². The van der Waals surface area contributed by atoms with Crippen molar-refractivity contribution in [2.45, 2.75) is 102 Å². The van der Waals surface area contributed by atoms with Gasteiger partial charge >= 0.3 is 0 Å². The Morgan fingerprint density at radius 2 is 1.82 bits per heavy atom. The van der Waals surface area contributed by atoms with Crippen molar-refractivity contribution in [1.29, 1.82) is 0 Å². The predicted molar refractivity (Wildman–Crippen MR) is 113 cm³/mol. The molecule has 0 amide bonds. The van der Waals surface area contributed by atoms with Gasteiger partial charge in [0.05, 0.1) is 12.7 Å². The van der Waals surface area contributed by atoms with E-state index in [1.54, 1.807) is 0 Å². The van der Waals surface area contributed by atoms with E-state index in [0.717, 1.165) is 45.1 Å². The molecule has 2 unspecified atom stereocenters. The number of alkyl halides is 1. The summed E-state index contributed by atoms with van der Waals surface area (Å²) < 4.78 is 23.8. The summed E-state index contributed by atoms with van der Waals surface area (Å²) in [4.78, 5) is 0. The van der Waals surface area contributed by atoms with Crippen LogP contribution in [0, 0.1) is 0 Å². The normalized spacial score (nSPS) is 28.2. The Bertz CT molecular complexity index is 452. The van der Waals surface area contributed by atoms with Crippen LogP contribution in [0.2, 0.25) is 0 Å². The molecule has 1 N–H and O–H groups in total. The van der Waals surface area contributed by atoms with Gasteiger partial charge in [-0.25, -0.2) is 0 Å². The zero-order chi connectivity index (χ0) is 20.8. The number of hydroxylamine groups is 2. The van der Waals surface area contributed by atoms with Gasteiger partial charge in [0.1, 0.15) is 5.60 Å². The molecular formula is C21H40BrNO5. The van der Waals surface area contributed by atoms with Gasteiger partial charge in [0.2, 0.25) is 0 Å². The smallest absolute Gasteiger partial charge is 0.158 e. The summed E-state index contributed by atoms with van der Waals surface area (Å²) in [7, 11) is 0. The van der Waals surface area contributed by atoms with Crippen molar-refractivity contribution in [1.82, 2.24) is 5.06 Å². The molecule has 2 aliphatic rings. The van der Waals surface area contributed by atoms with Gasteiger partial charge in [0.15, 0.2) is 6.29 Å². The minimum Gasteiger partial charge on any atom is -0.378 e. The summed E-state index contributed by atoms with van der Waals surface area (Å²) in [5.74, 6) is 0. The fourth-order valence-corrected chi connectivity index (χ4v) is 4.52. The zero-order valence-electron chi connectivity index (χ0n) is 18.3. The Morgan fingerprint density at radius 1 is 1.14 bits per heavy atom. The average Bonchev–Trinajstić information content (AvgIpc) is 2.63. The molecule has 0 spiro atoms. The lowest BCUT2D eigenvalue weighted by Crippen LogP contribution is -2.60. The number of rotatable bonds is 10. The number of ether oxygens (including phenoxy) is 4. The van der Waals surface area contributed by atoms with Gasteiger partial charge in [-0.1, -0.05) is 15.9 Å². The number of halogens is 1. The Hall–Kier alpha value is 0.240. The molecule has 28 heavy (non-hydrogen) atoms. The highest BCUT2D eigenvalue weighted by Crippen LogP contribution is 2.37. The Labute approximate surface area is 179 Å². The van der Waals surface area contributed by atoms with Gasteiger partial charge < -0.3 is 24.2 Å². The quantitative estimate of drug-likeness (QED) is 0.378. The van der Waals surface area contributed by atoms with E-state index in [1.807, 2.05) is 0 Å². The Kier molecular flexibility index (Phi) is 9.20. The Balaban J connectivity index is 1.64. The van der Waals surface area contributed by atoms with E-state index < -0.39 is 0 Å². The molecule has 7 heteroatoms. The van der Waals surface area contributed by atoms with Crippen LogP contribution in [0.5, 0.6) is 0 Å². The number of hydrogen-bond donors (Lipinski definition) is 1. The third-order valence-electron chi connectivity index (χ3n) is 5.63. The topological polar surface area (TPSA) is 60.4 Å². The summed E-state index contributed by atoms with van der Waals surface area (Å²) in [6.45, 7) is 12.9. The lowest BCUT2D eigenvalue weighted by atomic mass is 9.80. The van der Waals surface area contributed by atoms with Crippen molar-refractivity contribution < 1.29 is 24.2 Å². The van der Waals surface area contributed by atoms with Crippen LogP contribution in [0.4, 0.5) is 0 Å². The van der Waals surface area contributed by atoms with Crippen LogP contribution in [0.15, 0.2) is 0 Å². The van der Waals surface area contributed by atoms with Crippen LogP contribution >= 0.6 is 15.9 Å². The SMILES string of the molecule is CC(CBr)(COCCCOC1CC(C)(C)N(O)C(C)(C)C1)OC1CCCCO1. The number of piperidine rings is 1. The number of nitrogens with zero attached hydrogens (tertiary/aromatic N) is 1. The van der Waals surface area contributed by atoms with Crippen LogP contribution in [-0.2, 0) is 18.9 Å². The van der Waals surface area contributed by atoms with E-state index in [9.17, 15) is 5.21 Å². The van der Waals surface area contributed by atoms with E-state index >= 15 is 0 Å². The van der Waals surface area contributed by atoms with Gasteiger partial charge in [-0.15, -0.1) is 0 Å². The van der Waals surface area contributed by atoms with Crippen LogP contribution in [-0.4, -0.2) is 71.1 Å². The molecular weight excluding hydrogens is 426 g/mol. The van der Waals surface area contributed by atoms with E-state index in [-0.39, 0.29) is 29.1 Å². The lowest BCUT2D eigenvalue weighted by molar-refractivity contribution is -0.261. The molecule has 2 saturated heterocycles. The molecule has 0 aromatic heterocycles. The lowest BCUT2D eigenvalue weighted by Gasteiger charge is -2.51. The molecule has 2 rings (SSSR count). The summed E-state index contributed by atoms with van der Waals surface area (Å²) in [5.41, 5.74) is -0.941. The van der Waals surface area contributed by atoms with Crippen LogP contribution in [0.3, 0.4) is 0 Å². The molecule has 0 bridgehead atoms. The zero-order valence-corrected chi connectivity index (χ0v) is 19.9. The summed E-state index contributed by atoms with van der Waals surface area (Å²) in [6.07, 6.45) is 5.76. The van der Waals surface area contributed by atoms with E-state index in [2.05, 4.69) is 50.5 Å². The third-order valence-corrected chi connectivity index (χ3v) is 6.82. The maximum Gasteiger partial charge on any atom is 0.158 e. The van der Waals surface area contributed by atoms with Gasteiger partial charge in [0.25, 0.3) is 0 Å². The molecule has 2 fully saturated rings. The second-order valence-corrected chi connectivity index (χ2v) is 10.3. The van der Waals surface area contributed by atoms with E-state index in [1.165, 1.54) is 5.06 Å². The van der Waals surface area contributed by atoms with Crippen LogP contribution in [0.25, 0.3) is 0 Å².